The van der Waals surface area contributed by atoms with Crippen LogP contribution in [-0.4, -0.2) is 4.98 Å². The summed E-state index contributed by atoms with van der Waals surface area (Å²) in [6, 6.07) is 15.2. The van der Waals surface area contributed by atoms with Crippen LogP contribution >= 0.6 is 0 Å². The van der Waals surface area contributed by atoms with Gasteiger partial charge in [-0.1, -0.05) is 30.3 Å². The molecule has 0 spiro atoms. The molecule has 0 radical (unpaired) electrons. The molecule has 0 aliphatic carbocycles. The van der Waals surface area contributed by atoms with Gasteiger partial charge < -0.3 is 5.32 Å². The lowest BCUT2D eigenvalue weighted by molar-refractivity contribution is 0.629. The Labute approximate surface area is 123 Å². The lowest BCUT2D eigenvalue weighted by Gasteiger charge is -2.13. The first-order chi connectivity index (χ1) is 10.1. The minimum Gasteiger partial charge on any atom is -0.378 e. The first kappa shape index (κ1) is 13.6. The molecule has 0 saturated carbocycles. The summed E-state index contributed by atoms with van der Waals surface area (Å²) in [7, 11) is 0. The predicted octanol–water partition coefficient (Wildman–Crippen LogP) is 4.60. The van der Waals surface area contributed by atoms with Crippen LogP contribution in [0.1, 0.15) is 16.8 Å². The fourth-order valence-corrected chi connectivity index (χ4v) is 2.58. The van der Waals surface area contributed by atoms with Gasteiger partial charge in [0.25, 0.3) is 0 Å². The molecule has 0 amide bonds. The molecule has 0 fully saturated rings. The average molecular weight is 280 g/mol. The van der Waals surface area contributed by atoms with Gasteiger partial charge in [0.15, 0.2) is 0 Å². The highest BCUT2D eigenvalue weighted by Gasteiger charge is 2.07. The molecule has 0 unspecified atom stereocenters. The number of hydrogen-bond donors (Lipinski definition) is 1. The third-order valence-corrected chi connectivity index (χ3v) is 3.61. The maximum absolute atomic E-state index is 13.9. The third kappa shape index (κ3) is 2.72. The van der Waals surface area contributed by atoms with Crippen molar-refractivity contribution in [3.8, 4) is 0 Å². The van der Waals surface area contributed by atoms with Crippen LogP contribution in [0.25, 0.3) is 10.9 Å². The van der Waals surface area contributed by atoms with E-state index in [1.807, 2.05) is 50.2 Å². The molecular weight excluding hydrogens is 263 g/mol. The summed E-state index contributed by atoms with van der Waals surface area (Å²) in [5.41, 5.74) is 4.54. The number of para-hydroxylation sites is 2. The van der Waals surface area contributed by atoms with Crippen LogP contribution in [0, 0.1) is 19.7 Å². The van der Waals surface area contributed by atoms with Gasteiger partial charge in [0.05, 0.1) is 11.2 Å². The number of anilines is 1. The van der Waals surface area contributed by atoms with Crippen LogP contribution in [0.4, 0.5) is 10.1 Å². The number of fused-ring (bicyclic) bond motifs is 1. The fraction of sp³-hybridized carbons (Fsp3) is 0.167. The highest BCUT2D eigenvalue weighted by Crippen LogP contribution is 2.22. The Morgan fingerprint density at radius 2 is 1.86 bits per heavy atom. The largest absolute Gasteiger partial charge is 0.378 e. The fourth-order valence-electron chi connectivity index (χ4n) is 2.58. The molecule has 0 aliphatic rings. The molecular formula is C18H17FN2. The Balaban J connectivity index is 1.95. The van der Waals surface area contributed by atoms with Crippen molar-refractivity contribution in [1.82, 2.24) is 4.98 Å². The quantitative estimate of drug-likeness (QED) is 0.758. The Hall–Kier alpha value is -2.42. The molecule has 3 rings (SSSR count). The minimum atomic E-state index is -0.218. The number of aromatic nitrogens is 1. The van der Waals surface area contributed by atoms with Gasteiger partial charge in [-0.3, -0.25) is 4.98 Å². The SMILES string of the molecule is Cc1cc(CNc2c(C)cccc2F)c2ccccc2n1. The number of nitrogens with zero attached hydrogens (tertiary/aromatic N) is 1. The van der Waals surface area contributed by atoms with Crippen LogP contribution in [-0.2, 0) is 6.54 Å². The minimum absolute atomic E-state index is 0.218. The summed E-state index contributed by atoms with van der Waals surface area (Å²) < 4.78 is 13.9. The molecule has 3 aromatic rings. The van der Waals surface area contributed by atoms with Gasteiger partial charge in [-0.25, -0.2) is 4.39 Å². The van der Waals surface area contributed by atoms with E-state index in [2.05, 4.69) is 10.3 Å². The van der Waals surface area contributed by atoms with E-state index in [4.69, 9.17) is 0 Å². The van der Waals surface area contributed by atoms with Crippen LogP contribution < -0.4 is 5.32 Å². The number of benzene rings is 2. The second-order valence-electron chi connectivity index (χ2n) is 5.23. The van der Waals surface area contributed by atoms with E-state index in [1.165, 1.54) is 6.07 Å². The number of pyridine rings is 1. The van der Waals surface area contributed by atoms with Gasteiger partial charge in [0, 0.05) is 17.6 Å². The van der Waals surface area contributed by atoms with Crippen molar-refractivity contribution in [3.05, 3.63) is 71.2 Å². The molecule has 0 bridgehead atoms. The van der Waals surface area contributed by atoms with Gasteiger partial charge in [-0.05, 0) is 43.2 Å². The molecule has 2 nitrogen and oxygen atoms in total. The van der Waals surface area contributed by atoms with E-state index in [1.54, 1.807) is 6.07 Å². The van der Waals surface area contributed by atoms with Crippen molar-refractivity contribution in [2.24, 2.45) is 0 Å². The van der Waals surface area contributed by atoms with Crippen LogP contribution in [0.2, 0.25) is 0 Å². The van der Waals surface area contributed by atoms with Crippen molar-refractivity contribution in [2.75, 3.05) is 5.32 Å². The standard InChI is InChI=1S/C18H17FN2/c1-12-6-5-8-16(19)18(12)20-11-14-10-13(2)21-17-9-4-3-7-15(14)17/h3-10,20H,11H2,1-2H3. The average Bonchev–Trinajstić information content (AvgIpc) is 2.46. The number of halogens is 1. The van der Waals surface area contributed by atoms with Gasteiger partial charge >= 0.3 is 0 Å². The first-order valence-electron chi connectivity index (χ1n) is 6.99. The van der Waals surface area contributed by atoms with Crippen LogP contribution in [0.15, 0.2) is 48.5 Å². The summed E-state index contributed by atoms with van der Waals surface area (Å²) >= 11 is 0. The summed E-state index contributed by atoms with van der Waals surface area (Å²) in [6.45, 7) is 4.46. The topological polar surface area (TPSA) is 24.9 Å². The van der Waals surface area contributed by atoms with Crippen molar-refractivity contribution < 1.29 is 4.39 Å². The number of nitrogens with one attached hydrogen (secondary N) is 1. The smallest absolute Gasteiger partial charge is 0.146 e. The van der Waals surface area contributed by atoms with Gasteiger partial charge in [0.2, 0.25) is 0 Å². The van der Waals surface area contributed by atoms with Crippen molar-refractivity contribution >= 4 is 16.6 Å². The molecule has 1 aromatic heterocycles. The van der Waals surface area contributed by atoms with Gasteiger partial charge in [-0.2, -0.15) is 0 Å². The zero-order chi connectivity index (χ0) is 14.8. The third-order valence-electron chi connectivity index (χ3n) is 3.61. The Bertz CT molecular complexity index is 776. The Morgan fingerprint density at radius 3 is 2.67 bits per heavy atom. The molecule has 0 atom stereocenters. The Morgan fingerprint density at radius 1 is 1.05 bits per heavy atom. The zero-order valence-electron chi connectivity index (χ0n) is 12.2. The summed E-state index contributed by atoms with van der Waals surface area (Å²) in [5.74, 6) is -0.218. The molecule has 21 heavy (non-hydrogen) atoms. The lowest BCUT2D eigenvalue weighted by atomic mass is 10.1. The number of aryl methyl sites for hydroxylation is 2. The normalized spacial score (nSPS) is 10.8. The highest BCUT2D eigenvalue weighted by molar-refractivity contribution is 5.82. The highest BCUT2D eigenvalue weighted by atomic mass is 19.1. The zero-order valence-corrected chi connectivity index (χ0v) is 12.2. The van der Waals surface area contributed by atoms with E-state index in [0.717, 1.165) is 27.7 Å². The molecule has 1 heterocycles. The second-order valence-corrected chi connectivity index (χ2v) is 5.23. The molecule has 106 valence electrons. The molecule has 1 N–H and O–H groups in total. The van der Waals surface area contributed by atoms with Gasteiger partial charge in [-0.15, -0.1) is 0 Å². The number of rotatable bonds is 3. The molecule has 0 aliphatic heterocycles. The summed E-state index contributed by atoms with van der Waals surface area (Å²) in [4.78, 5) is 4.52. The van der Waals surface area contributed by atoms with E-state index < -0.39 is 0 Å². The van der Waals surface area contributed by atoms with E-state index in [9.17, 15) is 4.39 Å². The summed E-state index contributed by atoms with van der Waals surface area (Å²) in [6.07, 6.45) is 0. The monoisotopic (exact) mass is 280 g/mol. The van der Waals surface area contributed by atoms with E-state index in [-0.39, 0.29) is 5.82 Å². The van der Waals surface area contributed by atoms with Crippen LogP contribution in [0.3, 0.4) is 0 Å². The van der Waals surface area contributed by atoms with Crippen LogP contribution in [0.5, 0.6) is 0 Å². The maximum Gasteiger partial charge on any atom is 0.146 e. The lowest BCUT2D eigenvalue weighted by Crippen LogP contribution is -2.04. The second kappa shape index (κ2) is 5.52. The molecule has 3 heteroatoms. The molecule has 0 saturated heterocycles. The van der Waals surface area contributed by atoms with Crippen molar-refractivity contribution in [1.29, 1.82) is 0 Å². The molecule has 2 aromatic carbocycles. The number of hydrogen-bond acceptors (Lipinski definition) is 2. The van der Waals surface area contributed by atoms with Gasteiger partial charge in [0.1, 0.15) is 5.82 Å². The Kier molecular flexibility index (Phi) is 3.57. The first-order valence-corrected chi connectivity index (χ1v) is 6.99. The summed E-state index contributed by atoms with van der Waals surface area (Å²) in [5, 5.41) is 4.32. The van der Waals surface area contributed by atoms with Crippen molar-refractivity contribution in [3.63, 3.8) is 0 Å². The predicted molar refractivity (Wildman–Crippen MR) is 84.9 cm³/mol. The van der Waals surface area contributed by atoms with E-state index in [0.29, 0.717) is 12.2 Å². The van der Waals surface area contributed by atoms with E-state index >= 15 is 0 Å². The maximum atomic E-state index is 13.9. The van der Waals surface area contributed by atoms with Crippen molar-refractivity contribution in [2.45, 2.75) is 20.4 Å².